The third-order valence-corrected chi connectivity index (χ3v) is 2.92. The van der Waals surface area contributed by atoms with E-state index in [1.54, 1.807) is 0 Å². The zero-order valence-electron chi connectivity index (χ0n) is 11.5. The summed E-state index contributed by atoms with van der Waals surface area (Å²) in [5.41, 5.74) is 1.25. The molecule has 0 radical (unpaired) electrons. The van der Waals surface area contributed by atoms with E-state index in [2.05, 4.69) is 56.4 Å². The van der Waals surface area contributed by atoms with Crippen LogP contribution in [-0.4, -0.2) is 18.8 Å². The molecule has 0 aliphatic heterocycles. The first kappa shape index (κ1) is 14.2. The molecule has 1 rings (SSSR count). The second-order valence-electron chi connectivity index (χ2n) is 4.95. The molecule has 17 heavy (non-hydrogen) atoms. The number of hydrogen-bond donors (Lipinski definition) is 1. The van der Waals surface area contributed by atoms with Crippen molar-refractivity contribution in [2.24, 2.45) is 0 Å². The molecule has 1 atom stereocenters. The Balaban J connectivity index is 2.54. The highest BCUT2D eigenvalue weighted by atomic mass is 16.5. The molecule has 0 spiro atoms. The summed E-state index contributed by atoms with van der Waals surface area (Å²) in [6.45, 7) is 10.1. The van der Waals surface area contributed by atoms with Crippen molar-refractivity contribution in [2.75, 3.05) is 13.2 Å². The van der Waals surface area contributed by atoms with E-state index in [4.69, 9.17) is 4.74 Å². The van der Waals surface area contributed by atoms with Gasteiger partial charge >= 0.3 is 0 Å². The minimum absolute atomic E-state index is 0.100. The second kappa shape index (κ2) is 6.77. The molecule has 0 aliphatic carbocycles. The summed E-state index contributed by atoms with van der Waals surface area (Å²) in [6.07, 6.45) is 1.09. The van der Waals surface area contributed by atoms with Crippen molar-refractivity contribution in [3.8, 4) is 0 Å². The quantitative estimate of drug-likeness (QED) is 0.780. The Hall–Kier alpha value is -0.860. The van der Waals surface area contributed by atoms with Crippen molar-refractivity contribution < 1.29 is 4.74 Å². The number of benzene rings is 1. The lowest BCUT2D eigenvalue weighted by Crippen LogP contribution is -2.39. The lowest BCUT2D eigenvalue weighted by atomic mass is 10.0. The molecule has 96 valence electrons. The second-order valence-corrected chi connectivity index (χ2v) is 4.95. The van der Waals surface area contributed by atoms with Crippen molar-refractivity contribution in [1.29, 1.82) is 0 Å². The van der Waals surface area contributed by atoms with Gasteiger partial charge in [-0.2, -0.15) is 0 Å². The van der Waals surface area contributed by atoms with E-state index < -0.39 is 0 Å². The number of hydrogen-bond acceptors (Lipinski definition) is 2. The van der Waals surface area contributed by atoms with Gasteiger partial charge in [-0.25, -0.2) is 0 Å². The zero-order valence-corrected chi connectivity index (χ0v) is 11.5. The largest absolute Gasteiger partial charge is 0.375 e. The smallest absolute Gasteiger partial charge is 0.0750 e. The molecule has 0 aromatic heterocycles. The third-order valence-electron chi connectivity index (χ3n) is 2.92. The lowest BCUT2D eigenvalue weighted by Gasteiger charge is -2.28. The third kappa shape index (κ3) is 4.88. The predicted molar refractivity (Wildman–Crippen MR) is 73.2 cm³/mol. The zero-order chi connectivity index (χ0) is 12.7. The number of nitrogens with one attached hydrogen (secondary N) is 1. The topological polar surface area (TPSA) is 21.3 Å². The predicted octanol–water partition coefficient (Wildman–Crippen LogP) is 3.54. The fourth-order valence-electron chi connectivity index (χ4n) is 1.99. The van der Waals surface area contributed by atoms with Gasteiger partial charge in [-0.05, 0) is 32.8 Å². The van der Waals surface area contributed by atoms with Crippen molar-refractivity contribution in [3.05, 3.63) is 35.9 Å². The maximum atomic E-state index is 5.70. The van der Waals surface area contributed by atoms with Gasteiger partial charge < -0.3 is 10.1 Å². The van der Waals surface area contributed by atoms with E-state index in [9.17, 15) is 0 Å². The minimum Gasteiger partial charge on any atom is -0.375 e. The van der Waals surface area contributed by atoms with E-state index in [0.717, 1.165) is 19.6 Å². The highest BCUT2D eigenvalue weighted by Gasteiger charge is 2.19. The molecule has 1 N–H and O–H groups in total. The van der Waals surface area contributed by atoms with Gasteiger partial charge in [0.25, 0.3) is 0 Å². The van der Waals surface area contributed by atoms with E-state index in [1.807, 2.05) is 6.92 Å². The number of rotatable bonds is 7. The summed E-state index contributed by atoms with van der Waals surface area (Å²) >= 11 is 0. The molecule has 1 aromatic carbocycles. The van der Waals surface area contributed by atoms with Crippen LogP contribution in [0.25, 0.3) is 0 Å². The normalized spacial score (nSPS) is 13.6. The number of ether oxygens (including phenoxy) is 1. The van der Waals surface area contributed by atoms with Crippen LogP contribution in [0.3, 0.4) is 0 Å². The van der Waals surface area contributed by atoms with Crippen LogP contribution in [-0.2, 0) is 4.74 Å². The lowest BCUT2D eigenvalue weighted by molar-refractivity contribution is -0.0107. The Kier molecular flexibility index (Phi) is 5.66. The molecule has 0 aliphatic rings. The molecule has 2 heteroatoms. The molecule has 0 fully saturated rings. The van der Waals surface area contributed by atoms with E-state index >= 15 is 0 Å². The summed E-state index contributed by atoms with van der Waals surface area (Å²) in [7, 11) is 0. The average Bonchev–Trinajstić information content (AvgIpc) is 2.31. The van der Waals surface area contributed by atoms with Crippen molar-refractivity contribution in [1.82, 2.24) is 5.32 Å². The molecular formula is C15H25NO. The van der Waals surface area contributed by atoms with Crippen molar-refractivity contribution in [2.45, 2.75) is 45.8 Å². The molecule has 0 amide bonds. The Morgan fingerprint density at radius 3 is 2.35 bits per heavy atom. The molecule has 0 heterocycles. The summed E-state index contributed by atoms with van der Waals surface area (Å²) in [4.78, 5) is 0. The van der Waals surface area contributed by atoms with Gasteiger partial charge in [0.15, 0.2) is 0 Å². The molecule has 0 saturated heterocycles. The molecule has 0 saturated carbocycles. The SMILES string of the molecule is CCOC(C)(C)CNC(CC)c1ccccc1. The molecule has 1 unspecified atom stereocenters. The van der Waals surface area contributed by atoms with E-state index in [1.165, 1.54) is 5.56 Å². The van der Waals surface area contributed by atoms with Gasteiger partial charge in [0.1, 0.15) is 0 Å². The first-order valence-corrected chi connectivity index (χ1v) is 6.51. The Morgan fingerprint density at radius 1 is 1.18 bits per heavy atom. The van der Waals surface area contributed by atoms with Crippen LogP contribution in [0.4, 0.5) is 0 Å². The summed E-state index contributed by atoms with van der Waals surface area (Å²) < 4.78 is 5.70. The van der Waals surface area contributed by atoms with E-state index in [-0.39, 0.29) is 5.60 Å². The average molecular weight is 235 g/mol. The standard InChI is InChI=1S/C15H25NO/c1-5-14(13-10-8-7-9-11-13)16-12-15(3,4)17-6-2/h7-11,14,16H,5-6,12H2,1-4H3. The van der Waals surface area contributed by atoms with Crippen LogP contribution in [0.15, 0.2) is 30.3 Å². The van der Waals surface area contributed by atoms with Gasteiger partial charge in [0.2, 0.25) is 0 Å². The Labute approximate surface area is 105 Å². The fourth-order valence-corrected chi connectivity index (χ4v) is 1.99. The highest BCUT2D eigenvalue weighted by molar-refractivity contribution is 5.18. The van der Waals surface area contributed by atoms with Gasteiger partial charge in [0.05, 0.1) is 5.60 Å². The first-order chi connectivity index (χ1) is 8.09. The maximum Gasteiger partial charge on any atom is 0.0750 e. The molecular weight excluding hydrogens is 210 g/mol. The van der Waals surface area contributed by atoms with Crippen molar-refractivity contribution in [3.63, 3.8) is 0 Å². The first-order valence-electron chi connectivity index (χ1n) is 6.51. The molecule has 1 aromatic rings. The van der Waals surface area contributed by atoms with Crippen LogP contribution < -0.4 is 5.32 Å². The van der Waals surface area contributed by atoms with Crippen LogP contribution in [0.5, 0.6) is 0 Å². The maximum absolute atomic E-state index is 5.70. The molecule has 2 nitrogen and oxygen atoms in total. The minimum atomic E-state index is -0.100. The van der Waals surface area contributed by atoms with E-state index in [0.29, 0.717) is 6.04 Å². The summed E-state index contributed by atoms with van der Waals surface area (Å²) in [5.74, 6) is 0. The van der Waals surface area contributed by atoms with Crippen LogP contribution in [0.2, 0.25) is 0 Å². The summed E-state index contributed by atoms with van der Waals surface area (Å²) in [6, 6.07) is 11.0. The van der Waals surface area contributed by atoms with Gasteiger partial charge in [0, 0.05) is 19.2 Å². The Bertz CT molecular complexity index is 308. The van der Waals surface area contributed by atoms with Gasteiger partial charge in [-0.1, -0.05) is 37.3 Å². The fraction of sp³-hybridized carbons (Fsp3) is 0.600. The monoisotopic (exact) mass is 235 g/mol. The Morgan fingerprint density at radius 2 is 1.82 bits per heavy atom. The van der Waals surface area contributed by atoms with Crippen LogP contribution in [0.1, 0.15) is 45.7 Å². The van der Waals surface area contributed by atoms with Crippen molar-refractivity contribution >= 4 is 0 Å². The molecule has 0 bridgehead atoms. The van der Waals surface area contributed by atoms with Gasteiger partial charge in [-0.15, -0.1) is 0 Å². The summed E-state index contributed by atoms with van der Waals surface area (Å²) in [5, 5.41) is 3.59. The highest BCUT2D eigenvalue weighted by Crippen LogP contribution is 2.17. The van der Waals surface area contributed by atoms with Crippen LogP contribution in [0, 0.1) is 0 Å². The van der Waals surface area contributed by atoms with Gasteiger partial charge in [-0.3, -0.25) is 0 Å². The van der Waals surface area contributed by atoms with Crippen LogP contribution >= 0.6 is 0 Å².